The van der Waals surface area contributed by atoms with E-state index >= 15 is 0 Å². The summed E-state index contributed by atoms with van der Waals surface area (Å²) >= 11 is 0. The van der Waals surface area contributed by atoms with Crippen LogP contribution >= 0.6 is 0 Å². The number of amides is 1. The van der Waals surface area contributed by atoms with Crippen molar-refractivity contribution in [1.82, 2.24) is 4.90 Å². The van der Waals surface area contributed by atoms with E-state index in [9.17, 15) is 4.79 Å². The van der Waals surface area contributed by atoms with Gasteiger partial charge in [-0.3, -0.25) is 4.79 Å². The van der Waals surface area contributed by atoms with Gasteiger partial charge in [0.1, 0.15) is 0 Å². The van der Waals surface area contributed by atoms with E-state index in [1.807, 2.05) is 23.1 Å². The molecule has 0 radical (unpaired) electrons. The lowest BCUT2D eigenvalue weighted by Crippen LogP contribution is -2.28. The highest BCUT2D eigenvalue weighted by Gasteiger charge is 2.28. The second-order valence-electron chi connectivity index (χ2n) is 4.48. The predicted octanol–water partition coefficient (Wildman–Crippen LogP) is 2.39. The second-order valence-corrected chi connectivity index (χ2v) is 4.48. The standard InChI is InChI=1S/C14H19NO3/c1-10(16)15-8-4-5-12(15)11-6-7-13(17-2)14(9-11)18-3/h6-7,9,12H,4-5,8H2,1-3H3. The Bertz CT molecular complexity index is 445. The van der Waals surface area contributed by atoms with E-state index in [0.29, 0.717) is 11.5 Å². The van der Waals surface area contributed by atoms with Gasteiger partial charge in [-0.15, -0.1) is 0 Å². The van der Waals surface area contributed by atoms with E-state index < -0.39 is 0 Å². The maximum atomic E-state index is 11.6. The van der Waals surface area contributed by atoms with Gasteiger partial charge < -0.3 is 14.4 Å². The number of benzene rings is 1. The summed E-state index contributed by atoms with van der Waals surface area (Å²) in [5.74, 6) is 1.56. The Hall–Kier alpha value is -1.71. The van der Waals surface area contributed by atoms with Gasteiger partial charge in [-0.05, 0) is 30.5 Å². The minimum absolute atomic E-state index is 0.132. The lowest BCUT2D eigenvalue weighted by atomic mass is 10.0. The van der Waals surface area contributed by atoms with Gasteiger partial charge in [0.2, 0.25) is 5.91 Å². The summed E-state index contributed by atoms with van der Waals surface area (Å²) in [5.41, 5.74) is 1.11. The van der Waals surface area contributed by atoms with Gasteiger partial charge in [0.25, 0.3) is 0 Å². The van der Waals surface area contributed by atoms with Gasteiger partial charge in [0.05, 0.1) is 20.3 Å². The van der Waals surface area contributed by atoms with Crippen molar-refractivity contribution in [2.75, 3.05) is 20.8 Å². The van der Waals surface area contributed by atoms with E-state index in [2.05, 4.69) is 0 Å². The maximum absolute atomic E-state index is 11.6. The zero-order valence-corrected chi connectivity index (χ0v) is 11.1. The molecule has 0 N–H and O–H groups in total. The van der Waals surface area contributed by atoms with Gasteiger partial charge in [-0.1, -0.05) is 6.07 Å². The highest BCUT2D eigenvalue weighted by molar-refractivity contribution is 5.74. The van der Waals surface area contributed by atoms with Crippen LogP contribution in [-0.2, 0) is 4.79 Å². The summed E-state index contributed by atoms with van der Waals surface area (Å²) in [6.45, 7) is 2.47. The van der Waals surface area contributed by atoms with Crippen LogP contribution in [0.3, 0.4) is 0 Å². The number of likely N-dealkylation sites (tertiary alicyclic amines) is 1. The highest BCUT2D eigenvalue weighted by Crippen LogP contribution is 2.36. The van der Waals surface area contributed by atoms with E-state index in [4.69, 9.17) is 9.47 Å². The number of hydrogen-bond donors (Lipinski definition) is 0. The Kier molecular flexibility index (Phi) is 3.75. The molecule has 1 aromatic rings. The van der Waals surface area contributed by atoms with Crippen molar-refractivity contribution in [1.29, 1.82) is 0 Å². The van der Waals surface area contributed by atoms with E-state index in [1.165, 1.54) is 0 Å². The molecule has 0 saturated carbocycles. The molecule has 1 heterocycles. The minimum Gasteiger partial charge on any atom is -0.493 e. The van der Waals surface area contributed by atoms with Crippen molar-refractivity contribution in [3.63, 3.8) is 0 Å². The van der Waals surface area contributed by atoms with Gasteiger partial charge >= 0.3 is 0 Å². The second kappa shape index (κ2) is 5.29. The number of rotatable bonds is 3. The van der Waals surface area contributed by atoms with Crippen molar-refractivity contribution in [2.24, 2.45) is 0 Å². The van der Waals surface area contributed by atoms with Gasteiger partial charge in [-0.25, -0.2) is 0 Å². The third-order valence-corrected chi connectivity index (χ3v) is 3.45. The summed E-state index contributed by atoms with van der Waals surface area (Å²) in [5, 5.41) is 0. The first-order chi connectivity index (χ1) is 8.67. The normalized spacial score (nSPS) is 18.8. The summed E-state index contributed by atoms with van der Waals surface area (Å²) in [6, 6.07) is 6.03. The molecule has 2 rings (SSSR count). The van der Waals surface area contributed by atoms with Gasteiger partial charge in [-0.2, -0.15) is 0 Å². The van der Waals surface area contributed by atoms with Crippen LogP contribution in [0.5, 0.6) is 11.5 Å². The van der Waals surface area contributed by atoms with Gasteiger partial charge in [0.15, 0.2) is 11.5 Å². The van der Waals surface area contributed by atoms with Crippen molar-refractivity contribution < 1.29 is 14.3 Å². The molecule has 0 aliphatic carbocycles. The average molecular weight is 249 g/mol. The van der Waals surface area contributed by atoms with E-state index in [1.54, 1.807) is 21.1 Å². The van der Waals surface area contributed by atoms with Crippen LogP contribution in [0.15, 0.2) is 18.2 Å². The number of carbonyl (C=O) groups is 1. The van der Waals surface area contributed by atoms with Crippen LogP contribution in [-0.4, -0.2) is 31.6 Å². The number of hydrogen-bond acceptors (Lipinski definition) is 3. The Morgan fingerprint density at radius 1 is 1.28 bits per heavy atom. The van der Waals surface area contributed by atoms with Crippen LogP contribution in [0.4, 0.5) is 0 Å². The monoisotopic (exact) mass is 249 g/mol. The Morgan fingerprint density at radius 2 is 2.00 bits per heavy atom. The number of carbonyl (C=O) groups excluding carboxylic acids is 1. The van der Waals surface area contributed by atoms with Crippen molar-refractivity contribution in [2.45, 2.75) is 25.8 Å². The Morgan fingerprint density at radius 3 is 2.61 bits per heavy atom. The number of ether oxygens (including phenoxy) is 2. The summed E-state index contributed by atoms with van der Waals surface area (Å²) < 4.78 is 10.5. The van der Waals surface area contributed by atoms with Gasteiger partial charge in [0, 0.05) is 13.5 Å². The van der Waals surface area contributed by atoms with Crippen LogP contribution in [0.1, 0.15) is 31.4 Å². The summed E-state index contributed by atoms with van der Waals surface area (Å²) in [6.07, 6.45) is 2.06. The fraction of sp³-hybridized carbons (Fsp3) is 0.500. The molecule has 0 aromatic heterocycles. The van der Waals surface area contributed by atoms with Crippen molar-refractivity contribution in [3.8, 4) is 11.5 Å². The van der Waals surface area contributed by atoms with Crippen molar-refractivity contribution >= 4 is 5.91 Å². The minimum atomic E-state index is 0.132. The fourth-order valence-electron chi connectivity index (χ4n) is 2.55. The largest absolute Gasteiger partial charge is 0.493 e. The maximum Gasteiger partial charge on any atom is 0.219 e. The molecule has 18 heavy (non-hydrogen) atoms. The first-order valence-electron chi connectivity index (χ1n) is 6.16. The topological polar surface area (TPSA) is 38.8 Å². The third-order valence-electron chi connectivity index (χ3n) is 3.45. The first kappa shape index (κ1) is 12.7. The number of methoxy groups -OCH3 is 2. The molecule has 1 unspecified atom stereocenters. The zero-order chi connectivity index (χ0) is 13.1. The summed E-state index contributed by atoms with van der Waals surface area (Å²) in [4.78, 5) is 13.5. The molecular formula is C14H19NO3. The fourth-order valence-corrected chi connectivity index (χ4v) is 2.55. The van der Waals surface area contributed by atoms with Crippen LogP contribution in [0.25, 0.3) is 0 Å². The molecular weight excluding hydrogens is 230 g/mol. The summed E-state index contributed by atoms with van der Waals surface area (Å²) in [7, 11) is 3.24. The molecule has 4 nitrogen and oxygen atoms in total. The first-order valence-corrected chi connectivity index (χ1v) is 6.16. The molecule has 1 saturated heterocycles. The molecule has 0 spiro atoms. The number of nitrogens with zero attached hydrogens (tertiary/aromatic N) is 1. The SMILES string of the molecule is COc1ccc(C2CCCN2C(C)=O)cc1OC. The molecule has 1 aliphatic rings. The lowest BCUT2D eigenvalue weighted by Gasteiger charge is -2.24. The lowest BCUT2D eigenvalue weighted by molar-refractivity contribution is -0.129. The van der Waals surface area contributed by atoms with Crippen LogP contribution in [0.2, 0.25) is 0 Å². The van der Waals surface area contributed by atoms with E-state index in [0.717, 1.165) is 24.9 Å². The molecule has 4 heteroatoms. The van der Waals surface area contributed by atoms with Crippen LogP contribution in [0, 0.1) is 0 Å². The molecule has 1 fully saturated rings. The predicted molar refractivity (Wildman–Crippen MR) is 68.9 cm³/mol. The molecule has 0 bridgehead atoms. The van der Waals surface area contributed by atoms with E-state index in [-0.39, 0.29) is 11.9 Å². The Balaban J connectivity index is 2.30. The third kappa shape index (κ3) is 2.28. The highest BCUT2D eigenvalue weighted by atomic mass is 16.5. The average Bonchev–Trinajstić information content (AvgIpc) is 2.87. The zero-order valence-electron chi connectivity index (χ0n) is 11.1. The molecule has 98 valence electrons. The smallest absolute Gasteiger partial charge is 0.219 e. The quantitative estimate of drug-likeness (QED) is 0.825. The Labute approximate surface area is 107 Å². The molecule has 1 aromatic carbocycles. The van der Waals surface area contributed by atoms with Crippen LogP contribution < -0.4 is 9.47 Å². The molecule has 1 atom stereocenters. The van der Waals surface area contributed by atoms with Crippen molar-refractivity contribution in [3.05, 3.63) is 23.8 Å². The molecule has 1 amide bonds. The molecule has 1 aliphatic heterocycles.